The maximum atomic E-state index is 11.8. The molecule has 3 rings (SSSR count). The van der Waals surface area contributed by atoms with Crippen molar-refractivity contribution in [3.05, 3.63) is 29.8 Å². The fourth-order valence-corrected chi connectivity index (χ4v) is 5.33. The Balaban J connectivity index is 1.31. The fourth-order valence-electron chi connectivity index (χ4n) is 5.33. The van der Waals surface area contributed by atoms with Crippen molar-refractivity contribution in [2.45, 2.75) is 77.2 Å². The molecule has 180 valence electrons. The molecule has 1 saturated carbocycles. The molecule has 0 N–H and O–H groups in total. The molecule has 1 saturated heterocycles. The van der Waals surface area contributed by atoms with Crippen molar-refractivity contribution in [3.8, 4) is 0 Å². The number of anilines is 1. The van der Waals surface area contributed by atoms with Crippen molar-refractivity contribution in [2.24, 2.45) is 11.8 Å². The zero-order valence-corrected chi connectivity index (χ0v) is 20.2. The molecule has 32 heavy (non-hydrogen) atoms. The molecule has 5 nitrogen and oxygen atoms in total. The van der Waals surface area contributed by atoms with E-state index in [2.05, 4.69) is 17.0 Å². The van der Waals surface area contributed by atoms with E-state index < -0.39 is 0 Å². The van der Waals surface area contributed by atoms with Gasteiger partial charge in [-0.15, -0.1) is 0 Å². The predicted molar refractivity (Wildman–Crippen MR) is 129 cm³/mol. The van der Waals surface area contributed by atoms with Gasteiger partial charge >= 0.3 is 5.97 Å². The smallest absolute Gasteiger partial charge is 0.338 e. The number of unbranched alkanes of at least 4 members (excludes halogenated alkanes) is 3. The van der Waals surface area contributed by atoms with E-state index in [1.165, 1.54) is 69.9 Å². The number of carbonyl (C=O) groups excluding carboxylic acids is 1. The van der Waals surface area contributed by atoms with Crippen LogP contribution in [0.2, 0.25) is 0 Å². The van der Waals surface area contributed by atoms with Crippen LogP contribution in [0, 0.1) is 11.8 Å². The van der Waals surface area contributed by atoms with Gasteiger partial charge in [-0.3, -0.25) is 0 Å². The summed E-state index contributed by atoms with van der Waals surface area (Å²) in [4.78, 5) is 14.3. The lowest BCUT2D eigenvalue weighted by molar-refractivity contribution is 0.00752. The molecule has 2 fully saturated rings. The Morgan fingerprint density at radius 3 is 2.12 bits per heavy atom. The molecule has 0 bridgehead atoms. The number of methoxy groups -OCH3 is 1. The van der Waals surface area contributed by atoms with E-state index in [-0.39, 0.29) is 5.97 Å². The highest BCUT2D eigenvalue weighted by Crippen LogP contribution is 2.37. The molecule has 1 aromatic carbocycles. The summed E-state index contributed by atoms with van der Waals surface area (Å²) in [5, 5.41) is 0. The molecule has 0 radical (unpaired) electrons. The molecular formula is C27H43NO4. The molecule has 1 aliphatic heterocycles. The van der Waals surface area contributed by atoms with Gasteiger partial charge in [0.15, 0.2) is 0 Å². The van der Waals surface area contributed by atoms with Crippen molar-refractivity contribution in [3.63, 3.8) is 0 Å². The zero-order valence-electron chi connectivity index (χ0n) is 20.2. The van der Waals surface area contributed by atoms with Gasteiger partial charge in [0, 0.05) is 39.1 Å². The number of esters is 1. The summed E-state index contributed by atoms with van der Waals surface area (Å²) in [5.41, 5.74) is 1.85. The van der Waals surface area contributed by atoms with Gasteiger partial charge in [0.05, 0.1) is 18.3 Å². The van der Waals surface area contributed by atoms with E-state index in [0.717, 1.165) is 38.1 Å². The molecule has 0 amide bonds. The van der Waals surface area contributed by atoms with Gasteiger partial charge in [-0.25, -0.2) is 4.79 Å². The van der Waals surface area contributed by atoms with Crippen LogP contribution in [0.15, 0.2) is 24.3 Å². The third-order valence-electron chi connectivity index (χ3n) is 7.27. The molecule has 1 aliphatic carbocycles. The molecular weight excluding hydrogens is 402 g/mol. The molecule has 2 aliphatic rings. The normalized spacial score (nSPS) is 22.1. The lowest BCUT2D eigenvalue weighted by atomic mass is 9.75. The maximum absolute atomic E-state index is 11.8. The highest BCUT2D eigenvalue weighted by molar-refractivity contribution is 5.89. The maximum Gasteiger partial charge on any atom is 0.338 e. The molecule has 0 aromatic heterocycles. The number of piperidine rings is 1. The summed E-state index contributed by atoms with van der Waals surface area (Å²) >= 11 is 0. The first-order valence-electron chi connectivity index (χ1n) is 12.8. The van der Waals surface area contributed by atoms with Crippen LogP contribution < -0.4 is 4.90 Å². The average molecular weight is 446 g/mol. The number of hydrogen-bond donors (Lipinski definition) is 0. The van der Waals surface area contributed by atoms with E-state index in [1.54, 1.807) is 7.11 Å². The number of rotatable bonds is 12. The summed E-state index contributed by atoms with van der Waals surface area (Å²) < 4.78 is 16.4. The van der Waals surface area contributed by atoms with Crippen molar-refractivity contribution >= 4 is 11.7 Å². The van der Waals surface area contributed by atoms with Gasteiger partial charge in [0.2, 0.25) is 0 Å². The molecule has 0 unspecified atom stereocenters. The second-order valence-corrected chi connectivity index (χ2v) is 9.41. The lowest BCUT2D eigenvalue weighted by Gasteiger charge is -2.40. The van der Waals surface area contributed by atoms with Gasteiger partial charge < -0.3 is 19.1 Å². The van der Waals surface area contributed by atoms with Gasteiger partial charge in [-0.2, -0.15) is 0 Å². The standard InChI is InChI=1S/C27H43NO4/c1-3-31-27(29)24-8-12-25(13-9-24)28-18-16-23(17-19-28)22-10-14-26(15-11-22)32-21-7-5-4-6-20-30-2/h8-9,12-13,22-23,26H,3-7,10-11,14-21H2,1-2H3. The van der Waals surface area contributed by atoms with Crippen molar-refractivity contribution in [1.82, 2.24) is 0 Å². The van der Waals surface area contributed by atoms with E-state index in [9.17, 15) is 4.79 Å². The molecule has 0 spiro atoms. The van der Waals surface area contributed by atoms with Crippen molar-refractivity contribution < 1.29 is 19.0 Å². The molecule has 0 atom stereocenters. The van der Waals surface area contributed by atoms with Gasteiger partial charge in [-0.05, 0) is 94.4 Å². The minimum Gasteiger partial charge on any atom is -0.462 e. The van der Waals surface area contributed by atoms with E-state index in [0.29, 0.717) is 18.3 Å². The minimum absolute atomic E-state index is 0.237. The minimum atomic E-state index is -0.237. The van der Waals surface area contributed by atoms with Crippen LogP contribution in [-0.4, -0.2) is 52.1 Å². The fraction of sp³-hybridized carbons (Fsp3) is 0.741. The number of benzene rings is 1. The second-order valence-electron chi connectivity index (χ2n) is 9.41. The van der Waals surface area contributed by atoms with Crippen LogP contribution in [0.5, 0.6) is 0 Å². The van der Waals surface area contributed by atoms with Gasteiger partial charge in [0.1, 0.15) is 0 Å². The van der Waals surface area contributed by atoms with E-state index >= 15 is 0 Å². The van der Waals surface area contributed by atoms with E-state index in [1.807, 2.05) is 19.1 Å². The Morgan fingerprint density at radius 2 is 1.50 bits per heavy atom. The third kappa shape index (κ3) is 7.77. The SMILES string of the molecule is CCOC(=O)c1ccc(N2CCC(C3CCC(OCCCCCCOC)CC3)CC2)cc1. The monoisotopic (exact) mass is 445 g/mol. The zero-order chi connectivity index (χ0) is 22.6. The predicted octanol–water partition coefficient (Wildman–Crippen LogP) is 5.86. The Morgan fingerprint density at radius 1 is 0.875 bits per heavy atom. The van der Waals surface area contributed by atoms with Crippen molar-refractivity contribution in [1.29, 1.82) is 0 Å². The van der Waals surface area contributed by atoms with E-state index in [4.69, 9.17) is 14.2 Å². The van der Waals surface area contributed by atoms with Gasteiger partial charge in [0.25, 0.3) is 0 Å². The topological polar surface area (TPSA) is 48.0 Å². The highest BCUT2D eigenvalue weighted by atomic mass is 16.5. The number of carbonyl (C=O) groups is 1. The molecule has 5 heteroatoms. The summed E-state index contributed by atoms with van der Waals surface area (Å²) in [5.74, 6) is 1.49. The summed E-state index contributed by atoms with van der Waals surface area (Å²) in [6.07, 6.45) is 13.0. The largest absolute Gasteiger partial charge is 0.462 e. The summed E-state index contributed by atoms with van der Waals surface area (Å²) in [6, 6.07) is 7.90. The first-order chi connectivity index (χ1) is 15.7. The average Bonchev–Trinajstić information content (AvgIpc) is 2.84. The van der Waals surface area contributed by atoms with Crippen LogP contribution in [0.3, 0.4) is 0 Å². The van der Waals surface area contributed by atoms with Crippen LogP contribution in [0.25, 0.3) is 0 Å². The Hall–Kier alpha value is -1.59. The summed E-state index contributed by atoms with van der Waals surface area (Å²) in [6.45, 7) is 6.29. The Kier molecular flexibility index (Phi) is 10.8. The number of ether oxygens (including phenoxy) is 3. The third-order valence-corrected chi connectivity index (χ3v) is 7.27. The quantitative estimate of drug-likeness (QED) is 0.298. The lowest BCUT2D eigenvalue weighted by Crippen LogP contribution is -2.37. The Labute approximate surface area is 194 Å². The summed E-state index contributed by atoms with van der Waals surface area (Å²) in [7, 11) is 1.77. The number of hydrogen-bond acceptors (Lipinski definition) is 5. The first-order valence-corrected chi connectivity index (χ1v) is 12.8. The molecule has 1 aromatic rings. The van der Waals surface area contributed by atoms with Crippen LogP contribution in [0.4, 0.5) is 5.69 Å². The van der Waals surface area contributed by atoms with Gasteiger partial charge in [-0.1, -0.05) is 12.8 Å². The molecule has 1 heterocycles. The van der Waals surface area contributed by atoms with Crippen molar-refractivity contribution in [2.75, 3.05) is 44.9 Å². The Bertz CT molecular complexity index is 646. The first kappa shape index (κ1) is 25.0. The van der Waals surface area contributed by atoms with Crippen LogP contribution >= 0.6 is 0 Å². The highest BCUT2D eigenvalue weighted by Gasteiger charge is 2.30. The number of nitrogens with zero attached hydrogens (tertiary/aromatic N) is 1. The van der Waals surface area contributed by atoms with Crippen LogP contribution in [-0.2, 0) is 14.2 Å². The second kappa shape index (κ2) is 13.8. The van der Waals surface area contributed by atoms with Crippen LogP contribution in [0.1, 0.15) is 81.5 Å².